The molecule has 0 N–H and O–H groups in total. The molecule has 0 atom stereocenters. The molecule has 290 valence electrons. The van der Waals surface area contributed by atoms with Gasteiger partial charge >= 0.3 is 0 Å². The van der Waals surface area contributed by atoms with Gasteiger partial charge in [0.25, 0.3) is 0 Å². The van der Waals surface area contributed by atoms with E-state index >= 15 is 0 Å². The highest BCUT2D eigenvalue weighted by Gasteiger charge is 2.17. The molecule has 1 heterocycles. The summed E-state index contributed by atoms with van der Waals surface area (Å²) >= 11 is 0. The minimum absolute atomic E-state index is 0.898. The fraction of sp³-hybridized carbons (Fsp3) is 0. The summed E-state index contributed by atoms with van der Waals surface area (Å²) in [5.41, 5.74) is 14.6. The van der Waals surface area contributed by atoms with Crippen molar-refractivity contribution in [3.63, 3.8) is 0 Å². The summed E-state index contributed by atoms with van der Waals surface area (Å²) in [6, 6.07) is 85.4. The van der Waals surface area contributed by atoms with Crippen LogP contribution in [0.5, 0.6) is 0 Å². The lowest BCUT2D eigenvalue weighted by Crippen LogP contribution is -2.09. The Kier molecular flexibility index (Phi) is 8.53. The maximum atomic E-state index is 6.54. The number of rotatable bonds is 7. The average Bonchev–Trinajstić information content (AvgIpc) is 3.74. The predicted molar refractivity (Wildman–Crippen MR) is 263 cm³/mol. The van der Waals surface area contributed by atoms with Crippen molar-refractivity contribution in [1.82, 2.24) is 0 Å². The molecular weight excluding hydrogens is 751 g/mol. The number of fused-ring (bicyclic) bond motifs is 7. The van der Waals surface area contributed by atoms with E-state index in [9.17, 15) is 0 Å². The van der Waals surface area contributed by atoms with Crippen LogP contribution < -0.4 is 4.90 Å². The monoisotopic (exact) mass is 789 g/mol. The van der Waals surface area contributed by atoms with E-state index in [1.807, 2.05) is 0 Å². The van der Waals surface area contributed by atoms with Crippen LogP contribution in [0.4, 0.5) is 17.1 Å². The van der Waals surface area contributed by atoms with Gasteiger partial charge in [0, 0.05) is 33.2 Å². The predicted octanol–water partition coefficient (Wildman–Crippen LogP) is 17.2. The molecule has 0 amide bonds. The van der Waals surface area contributed by atoms with Crippen molar-refractivity contribution >= 4 is 71.3 Å². The number of hydrogen-bond donors (Lipinski definition) is 0. The Morgan fingerprint density at radius 2 is 0.726 bits per heavy atom. The number of furan rings is 1. The van der Waals surface area contributed by atoms with Gasteiger partial charge in [-0.05, 0) is 126 Å². The van der Waals surface area contributed by atoms with Crippen molar-refractivity contribution in [2.24, 2.45) is 0 Å². The third kappa shape index (κ3) is 6.20. The molecule has 12 aromatic rings. The second-order valence-electron chi connectivity index (χ2n) is 16.1. The van der Waals surface area contributed by atoms with Gasteiger partial charge in [0.2, 0.25) is 0 Å². The van der Waals surface area contributed by atoms with Crippen LogP contribution in [0.15, 0.2) is 241 Å². The van der Waals surface area contributed by atoms with Crippen molar-refractivity contribution < 1.29 is 4.42 Å². The summed E-state index contributed by atoms with van der Waals surface area (Å²) in [6.07, 6.45) is 0. The summed E-state index contributed by atoms with van der Waals surface area (Å²) in [5, 5.41) is 9.60. The highest BCUT2D eigenvalue weighted by atomic mass is 16.3. The molecule has 0 radical (unpaired) electrons. The Morgan fingerprint density at radius 1 is 0.274 bits per heavy atom. The van der Waals surface area contributed by atoms with Crippen molar-refractivity contribution in [1.29, 1.82) is 0 Å². The van der Waals surface area contributed by atoms with Crippen molar-refractivity contribution in [2.75, 3.05) is 4.90 Å². The van der Waals surface area contributed by atoms with E-state index in [1.54, 1.807) is 0 Å². The molecular formula is C60H39NO. The van der Waals surface area contributed by atoms with Gasteiger partial charge in [0.1, 0.15) is 11.2 Å². The van der Waals surface area contributed by atoms with E-state index in [2.05, 4.69) is 241 Å². The van der Waals surface area contributed by atoms with Crippen molar-refractivity contribution in [3.05, 3.63) is 237 Å². The second-order valence-corrected chi connectivity index (χ2v) is 16.1. The lowest BCUT2D eigenvalue weighted by atomic mass is 9.96. The molecule has 0 bridgehead atoms. The first-order valence-corrected chi connectivity index (χ1v) is 21.2. The molecule has 12 rings (SSSR count). The first-order chi connectivity index (χ1) is 30.7. The lowest BCUT2D eigenvalue weighted by Gasteiger charge is -2.26. The van der Waals surface area contributed by atoms with Gasteiger partial charge in [0.05, 0.1) is 0 Å². The van der Waals surface area contributed by atoms with Crippen LogP contribution in [0.3, 0.4) is 0 Å². The molecule has 0 saturated heterocycles. The molecule has 0 aliphatic carbocycles. The van der Waals surface area contributed by atoms with Gasteiger partial charge in [-0.2, -0.15) is 0 Å². The van der Waals surface area contributed by atoms with Crippen LogP contribution in [0, 0.1) is 0 Å². The number of anilines is 3. The van der Waals surface area contributed by atoms with Gasteiger partial charge in [-0.15, -0.1) is 0 Å². The van der Waals surface area contributed by atoms with Gasteiger partial charge in [0.15, 0.2) is 0 Å². The Labute approximate surface area is 360 Å². The first-order valence-electron chi connectivity index (χ1n) is 21.2. The molecule has 1 aromatic heterocycles. The standard InChI is InChI=1S/C60H39NO/c1-2-12-48-39-49(24-21-40(48)9-1)43-27-34-51(35-28-43)61(50-32-25-42(26-33-50)41-19-22-46(23-20-41)54-16-7-13-44-10-3-5-14-53(44)54)52-36-29-47(30-37-52)55-17-8-18-58-59(55)57-38-31-45-11-4-6-15-56(45)60(57)62-58/h1-39H. The third-order valence-corrected chi connectivity index (χ3v) is 12.5. The lowest BCUT2D eigenvalue weighted by molar-refractivity contribution is 0.673. The second kappa shape index (κ2) is 14.8. The SMILES string of the molecule is c1ccc2cc(-c3ccc(N(c4ccc(-c5ccc(-c6cccc7ccccc67)cc5)cc4)c4ccc(-c5cccc6oc7c8ccccc8ccc7c56)cc4)cc3)ccc2c1. The molecule has 11 aromatic carbocycles. The topological polar surface area (TPSA) is 16.4 Å². The Hall–Kier alpha value is -8.20. The van der Waals surface area contributed by atoms with E-state index in [4.69, 9.17) is 4.42 Å². The van der Waals surface area contributed by atoms with Crippen LogP contribution in [-0.4, -0.2) is 0 Å². The Bertz CT molecular complexity index is 3590. The summed E-state index contributed by atoms with van der Waals surface area (Å²) < 4.78 is 6.54. The van der Waals surface area contributed by atoms with Gasteiger partial charge in [-0.1, -0.05) is 182 Å². The molecule has 0 unspecified atom stereocenters. The zero-order valence-corrected chi connectivity index (χ0v) is 33.9. The average molecular weight is 790 g/mol. The highest BCUT2D eigenvalue weighted by Crippen LogP contribution is 2.42. The largest absolute Gasteiger partial charge is 0.455 e. The van der Waals surface area contributed by atoms with Crippen molar-refractivity contribution in [3.8, 4) is 44.5 Å². The molecule has 0 saturated carbocycles. The fourth-order valence-electron chi connectivity index (χ4n) is 9.33. The van der Waals surface area contributed by atoms with Gasteiger partial charge in [-0.25, -0.2) is 0 Å². The number of hydrogen-bond acceptors (Lipinski definition) is 2. The normalized spacial score (nSPS) is 11.5. The van der Waals surface area contributed by atoms with E-state index in [1.165, 1.54) is 60.3 Å². The molecule has 0 spiro atoms. The minimum Gasteiger partial charge on any atom is -0.455 e. The summed E-state index contributed by atoms with van der Waals surface area (Å²) in [4.78, 5) is 2.35. The smallest absolute Gasteiger partial charge is 0.143 e. The van der Waals surface area contributed by atoms with E-state index in [0.29, 0.717) is 0 Å². The van der Waals surface area contributed by atoms with Gasteiger partial charge < -0.3 is 9.32 Å². The van der Waals surface area contributed by atoms with E-state index in [-0.39, 0.29) is 0 Å². The molecule has 62 heavy (non-hydrogen) atoms. The maximum absolute atomic E-state index is 6.54. The zero-order valence-electron chi connectivity index (χ0n) is 33.9. The summed E-state index contributed by atoms with van der Waals surface area (Å²) in [6.45, 7) is 0. The number of benzene rings is 11. The van der Waals surface area contributed by atoms with E-state index < -0.39 is 0 Å². The Balaban J connectivity index is 0.910. The third-order valence-electron chi connectivity index (χ3n) is 12.5. The molecule has 2 nitrogen and oxygen atoms in total. The quantitative estimate of drug-likeness (QED) is 0.160. The molecule has 0 aliphatic rings. The summed E-state index contributed by atoms with van der Waals surface area (Å²) in [7, 11) is 0. The molecule has 0 aliphatic heterocycles. The molecule has 0 fully saturated rings. The first kappa shape index (κ1) is 35.7. The number of nitrogens with zero attached hydrogens (tertiary/aromatic N) is 1. The minimum atomic E-state index is 0.898. The fourth-order valence-corrected chi connectivity index (χ4v) is 9.33. The highest BCUT2D eigenvalue weighted by molar-refractivity contribution is 6.19. The Morgan fingerprint density at radius 3 is 1.42 bits per heavy atom. The van der Waals surface area contributed by atoms with Crippen molar-refractivity contribution in [2.45, 2.75) is 0 Å². The summed E-state index contributed by atoms with van der Waals surface area (Å²) in [5.74, 6) is 0. The van der Waals surface area contributed by atoms with Gasteiger partial charge in [-0.3, -0.25) is 0 Å². The van der Waals surface area contributed by atoms with Crippen LogP contribution in [0.25, 0.3) is 98.8 Å². The van der Waals surface area contributed by atoms with Crippen LogP contribution in [-0.2, 0) is 0 Å². The van der Waals surface area contributed by atoms with E-state index in [0.717, 1.165) is 55.5 Å². The van der Waals surface area contributed by atoms with Crippen LogP contribution in [0.1, 0.15) is 0 Å². The van der Waals surface area contributed by atoms with Crippen LogP contribution in [0.2, 0.25) is 0 Å². The molecule has 2 heteroatoms. The zero-order chi connectivity index (χ0) is 41.0. The van der Waals surface area contributed by atoms with Crippen LogP contribution >= 0.6 is 0 Å². The maximum Gasteiger partial charge on any atom is 0.143 e.